The molecule has 1 aliphatic heterocycles. The number of ether oxygens (including phenoxy) is 2. The lowest BCUT2D eigenvalue weighted by molar-refractivity contribution is 0.200. The van der Waals surface area contributed by atoms with Crippen LogP contribution in [0, 0.1) is 0 Å². The summed E-state index contributed by atoms with van der Waals surface area (Å²) in [6.07, 6.45) is 1.98. The second-order valence-electron chi connectivity index (χ2n) is 4.57. The predicted molar refractivity (Wildman–Crippen MR) is 76.9 cm³/mol. The standard InChI is InChI=1S/C15H22N2O2/c1-4-14(17-9-7-16-8-10-17)13-6-5-12(18-2)11-15(13)19-3/h4-6,11,14,16H,1,7-10H2,2-3H3/t14-/m1/s1. The van der Waals surface area contributed by atoms with Gasteiger partial charge < -0.3 is 14.8 Å². The largest absolute Gasteiger partial charge is 0.497 e. The van der Waals surface area contributed by atoms with E-state index in [1.54, 1.807) is 14.2 Å². The number of nitrogens with zero attached hydrogens (tertiary/aromatic N) is 1. The van der Waals surface area contributed by atoms with Crippen molar-refractivity contribution in [3.63, 3.8) is 0 Å². The Morgan fingerprint density at radius 1 is 1.26 bits per heavy atom. The topological polar surface area (TPSA) is 33.7 Å². The highest BCUT2D eigenvalue weighted by Gasteiger charge is 2.22. The molecule has 19 heavy (non-hydrogen) atoms. The maximum Gasteiger partial charge on any atom is 0.127 e. The second-order valence-corrected chi connectivity index (χ2v) is 4.57. The molecule has 1 N–H and O–H groups in total. The van der Waals surface area contributed by atoms with Crippen molar-refractivity contribution in [2.45, 2.75) is 6.04 Å². The van der Waals surface area contributed by atoms with Crippen molar-refractivity contribution in [3.05, 3.63) is 36.4 Å². The first kappa shape index (κ1) is 13.9. The van der Waals surface area contributed by atoms with E-state index in [0.29, 0.717) is 0 Å². The van der Waals surface area contributed by atoms with Crippen LogP contribution < -0.4 is 14.8 Å². The lowest BCUT2D eigenvalue weighted by Gasteiger charge is -2.34. The Labute approximate surface area is 115 Å². The Kier molecular flexibility index (Phi) is 4.82. The monoisotopic (exact) mass is 262 g/mol. The third-order valence-corrected chi connectivity index (χ3v) is 3.53. The molecule has 0 bridgehead atoms. The van der Waals surface area contributed by atoms with E-state index in [1.807, 2.05) is 18.2 Å². The van der Waals surface area contributed by atoms with Crippen LogP contribution in [-0.4, -0.2) is 45.3 Å². The zero-order valence-electron chi connectivity index (χ0n) is 11.7. The molecule has 104 valence electrons. The smallest absolute Gasteiger partial charge is 0.127 e. The zero-order chi connectivity index (χ0) is 13.7. The normalized spacial score (nSPS) is 17.8. The summed E-state index contributed by atoms with van der Waals surface area (Å²) in [6.45, 7) is 8.05. The molecule has 0 spiro atoms. The molecule has 1 heterocycles. The summed E-state index contributed by atoms with van der Waals surface area (Å²) < 4.78 is 10.7. The van der Waals surface area contributed by atoms with Crippen molar-refractivity contribution in [1.82, 2.24) is 10.2 Å². The lowest BCUT2D eigenvalue weighted by atomic mass is 10.0. The second kappa shape index (κ2) is 6.59. The average Bonchev–Trinajstić information content (AvgIpc) is 2.49. The third-order valence-electron chi connectivity index (χ3n) is 3.53. The van der Waals surface area contributed by atoms with Gasteiger partial charge in [0.05, 0.1) is 20.3 Å². The van der Waals surface area contributed by atoms with Crippen LogP contribution in [0.3, 0.4) is 0 Å². The zero-order valence-corrected chi connectivity index (χ0v) is 11.7. The van der Waals surface area contributed by atoms with E-state index >= 15 is 0 Å². The van der Waals surface area contributed by atoms with Crippen molar-refractivity contribution >= 4 is 0 Å². The van der Waals surface area contributed by atoms with E-state index in [4.69, 9.17) is 9.47 Å². The number of methoxy groups -OCH3 is 2. The van der Waals surface area contributed by atoms with Gasteiger partial charge in [-0.2, -0.15) is 0 Å². The molecule has 0 aromatic heterocycles. The fraction of sp³-hybridized carbons (Fsp3) is 0.467. The molecule has 0 amide bonds. The molecule has 1 atom stereocenters. The molecule has 1 aromatic carbocycles. The van der Waals surface area contributed by atoms with Gasteiger partial charge in [-0.3, -0.25) is 4.90 Å². The number of rotatable bonds is 5. The summed E-state index contributed by atoms with van der Waals surface area (Å²) in [6, 6.07) is 6.14. The summed E-state index contributed by atoms with van der Waals surface area (Å²) in [7, 11) is 3.35. The molecule has 0 saturated carbocycles. The van der Waals surface area contributed by atoms with Gasteiger partial charge in [-0.1, -0.05) is 6.08 Å². The van der Waals surface area contributed by atoms with Crippen LogP contribution in [-0.2, 0) is 0 Å². The lowest BCUT2D eigenvalue weighted by Crippen LogP contribution is -2.44. The number of benzene rings is 1. The minimum absolute atomic E-state index is 0.183. The minimum atomic E-state index is 0.183. The van der Waals surface area contributed by atoms with Crippen molar-refractivity contribution in [2.24, 2.45) is 0 Å². The SMILES string of the molecule is C=C[C@H](c1ccc(OC)cc1OC)N1CCNCC1. The van der Waals surface area contributed by atoms with Crippen LogP contribution in [0.1, 0.15) is 11.6 Å². The van der Waals surface area contributed by atoms with Gasteiger partial charge in [-0.05, 0) is 12.1 Å². The van der Waals surface area contributed by atoms with Crippen LogP contribution in [0.25, 0.3) is 0 Å². The highest BCUT2D eigenvalue weighted by molar-refractivity contribution is 5.43. The maximum absolute atomic E-state index is 5.49. The molecule has 4 nitrogen and oxygen atoms in total. The number of hydrogen-bond acceptors (Lipinski definition) is 4. The van der Waals surface area contributed by atoms with Gasteiger partial charge in [-0.15, -0.1) is 6.58 Å². The predicted octanol–water partition coefficient (Wildman–Crippen LogP) is 1.84. The van der Waals surface area contributed by atoms with Crippen LogP contribution in [0.2, 0.25) is 0 Å². The Bertz CT molecular complexity index is 428. The summed E-state index contributed by atoms with van der Waals surface area (Å²) in [5.41, 5.74) is 1.14. The fourth-order valence-corrected chi connectivity index (χ4v) is 2.50. The van der Waals surface area contributed by atoms with Crippen molar-refractivity contribution < 1.29 is 9.47 Å². The van der Waals surface area contributed by atoms with Crippen LogP contribution in [0.4, 0.5) is 0 Å². The molecule has 0 radical (unpaired) electrons. The van der Waals surface area contributed by atoms with E-state index in [2.05, 4.69) is 22.9 Å². The first-order valence-electron chi connectivity index (χ1n) is 6.59. The first-order chi connectivity index (χ1) is 9.30. The molecule has 1 aromatic rings. The molecule has 1 fully saturated rings. The molecule has 0 aliphatic carbocycles. The van der Waals surface area contributed by atoms with E-state index < -0.39 is 0 Å². The van der Waals surface area contributed by atoms with Crippen molar-refractivity contribution in [2.75, 3.05) is 40.4 Å². The Morgan fingerprint density at radius 3 is 2.58 bits per heavy atom. The molecule has 1 aliphatic rings. The fourth-order valence-electron chi connectivity index (χ4n) is 2.50. The summed E-state index contributed by atoms with van der Waals surface area (Å²) in [5.74, 6) is 1.66. The number of piperazine rings is 1. The van der Waals surface area contributed by atoms with Gasteiger partial charge in [0, 0.05) is 37.8 Å². The highest BCUT2D eigenvalue weighted by Crippen LogP contribution is 2.33. The van der Waals surface area contributed by atoms with Gasteiger partial charge in [0.15, 0.2) is 0 Å². The highest BCUT2D eigenvalue weighted by atomic mass is 16.5. The summed E-state index contributed by atoms with van der Waals surface area (Å²) in [5, 5.41) is 3.36. The van der Waals surface area contributed by atoms with Gasteiger partial charge >= 0.3 is 0 Å². The molecule has 0 unspecified atom stereocenters. The van der Waals surface area contributed by atoms with Crippen molar-refractivity contribution in [1.29, 1.82) is 0 Å². The van der Waals surface area contributed by atoms with E-state index in [1.165, 1.54) is 0 Å². The Morgan fingerprint density at radius 2 is 2.00 bits per heavy atom. The van der Waals surface area contributed by atoms with Crippen LogP contribution >= 0.6 is 0 Å². The van der Waals surface area contributed by atoms with Crippen molar-refractivity contribution in [3.8, 4) is 11.5 Å². The van der Waals surface area contributed by atoms with E-state index in [-0.39, 0.29) is 6.04 Å². The van der Waals surface area contributed by atoms with Crippen LogP contribution in [0.5, 0.6) is 11.5 Å². The Hall–Kier alpha value is -1.52. The van der Waals surface area contributed by atoms with E-state index in [9.17, 15) is 0 Å². The minimum Gasteiger partial charge on any atom is -0.497 e. The first-order valence-corrected chi connectivity index (χ1v) is 6.59. The van der Waals surface area contributed by atoms with Gasteiger partial charge in [0.2, 0.25) is 0 Å². The van der Waals surface area contributed by atoms with Gasteiger partial charge in [-0.25, -0.2) is 0 Å². The van der Waals surface area contributed by atoms with E-state index in [0.717, 1.165) is 43.2 Å². The average molecular weight is 262 g/mol. The summed E-state index contributed by atoms with van der Waals surface area (Å²) in [4.78, 5) is 2.41. The number of hydrogen-bond donors (Lipinski definition) is 1. The molecular formula is C15H22N2O2. The molecule has 2 rings (SSSR count). The van der Waals surface area contributed by atoms with Gasteiger partial charge in [0.1, 0.15) is 11.5 Å². The molecular weight excluding hydrogens is 240 g/mol. The quantitative estimate of drug-likeness (QED) is 0.821. The van der Waals surface area contributed by atoms with Gasteiger partial charge in [0.25, 0.3) is 0 Å². The van der Waals surface area contributed by atoms with Crippen LogP contribution in [0.15, 0.2) is 30.9 Å². The Balaban J connectivity index is 2.28. The molecule has 4 heteroatoms. The number of nitrogens with one attached hydrogen (secondary N) is 1. The maximum atomic E-state index is 5.49. The summed E-state index contributed by atoms with van der Waals surface area (Å²) >= 11 is 0. The third kappa shape index (κ3) is 3.08. The molecule has 1 saturated heterocycles.